The molecule has 0 radical (unpaired) electrons. The first kappa shape index (κ1) is 19.0. The Morgan fingerprint density at radius 3 is 2.22 bits per heavy atom. The fourth-order valence-corrected chi connectivity index (χ4v) is 3.28. The normalized spacial score (nSPS) is 10.7. The molecule has 9 nitrogen and oxygen atoms in total. The largest absolute Gasteiger partial charge is 0.411 e. The Labute approximate surface area is 165 Å². The van der Waals surface area contributed by atoms with Gasteiger partial charge in [0.1, 0.15) is 5.56 Å². The second kappa shape index (κ2) is 7.84. The van der Waals surface area contributed by atoms with Gasteiger partial charge in [0, 0.05) is 27.9 Å². The molecule has 0 amide bonds. The number of nitro benzene ring substituents is 2. The summed E-state index contributed by atoms with van der Waals surface area (Å²) in [6.45, 7) is 1.36. The molecule has 0 aliphatic carbocycles. The van der Waals surface area contributed by atoms with Crippen LogP contribution in [0.3, 0.4) is 0 Å². The predicted octanol–water partition coefficient (Wildman–Crippen LogP) is 4.92. The average Bonchev–Trinajstić information content (AvgIpc) is 3.10. The lowest BCUT2D eigenvalue weighted by Crippen LogP contribution is -1.99. The molecular weight excluding hydrogens is 440 g/mol. The third-order valence-corrected chi connectivity index (χ3v) is 5.08. The van der Waals surface area contributed by atoms with Gasteiger partial charge in [-0.3, -0.25) is 20.2 Å². The van der Waals surface area contributed by atoms with Crippen molar-refractivity contribution in [3.05, 3.63) is 72.2 Å². The highest BCUT2D eigenvalue weighted by Crippen LogP contribution is 2.33. The highest BCUT2D eigenvalue weighted by molar-refractivity contribution is 9.10. The summed E-state index contributed by atoms with van der Waals surface area (Å²) in [6, 6.07) is 9.97. The summed E-state index contributed by atoms with van der Waals surface area (Å²) in [4.78, 5) is 21.0. The highest BCUT2D eigenvalue weighted by atomic mass is 79.9. The SMILES string of the molecule is Cc1c([N+](=O)[O-])cc(CSc2nnc(-c3ccc(Br)cc3)o2)cc1[N+](=O)[O-]. The van der Waals surface area contributed by atoms with Crippen molar-refractivity contribution >= 4 is 39.1 Å². The summed E-state index contributed by atoms with van der Waals surface area (Å²) in [7, 11) is 0. The summed E-state index contributed by atoms with van der Waals surface area (Å²) in [5.41, 5.74) is 0.613. The van der Waals surface area contributed by atoms with Crippen molar-refractivity contribution < 1.29 is 14.3 Å². The van der Waals surface area contributed by atoms with E-state index >= 15 is 0 Å². The van der Waals surface area contributed by atoms with Crippen LogP contribution in [0.25, 0.3) is 11.5 Å². The van der Waals surface area contributed by atoms with Gasteiger partial charge in [-0.25, -0.2) is 0 Å². The molecular formula is C16H11BrN4O5S. The minimum Gasteiger partial charge on any atom is -0.411 e. The number of hydrogen-bond donors (Lipinski definition) is 0. The Balaban J connectivity index is 1.80. The number of thioether (sulfide) groups is 1. The van der Waals surface area contributed by atoms with Crippen LogP contribution in [0.5, 0.6) is 0 Å². The zero-order valence-electron chi connectivity index (χ0n) is 13.8. The van der Waals surface area contributed by atoms with Crippen molar-refractivity contribution in [1.29, 1.82) is 0 Å². The van der Waals surface area contributed by atoms with Crippen LogP contribution in [0.2, 0.25) is 0 Å². The van der Waals surface area contributed by atoms with Crippen molar-refractivity contribution in [1.82, 2.24) is 10.2 Å². The number of rotatable bonds is 6. The van der Waals surface area contributed by atoms with Gasteiger partial charge in [0.05, 0.1) is 9.85 Å². The van der Waals surface area contributed by atoms with Crippen LogP contribution < -0.4 is 0 Å². The molecule has 3 aromatic rings. The second-order valence-corrected chi connectivity index (χ2v) is 7.28. The summed E-state index contributed by atoms with van der Waals surface area (Å²) in [5.74, 6) is 0.551. The van der Waals surface area contributed by atoms with E-state index in [0.717, 1.165) is 21.8 Å². The highest BCUT2D eigenvalue weighted by Gasteiger charge is 2.23. The van der Waals surface area contributed by atoms with Gasteiger partial charge in [-0.1, -0.05) is 27.7 Å². The summed E-state index contributed by atoms with van der Waals surface area (Å²) in [6.07, 6.45) is 0. The van der Waals surface area contributed by atoms with E-state index in [0.29, 0.717) is 11.5 Å². The molecule has 2 aromatic carbocycles. The van der Waals surface area contributed by atoms with Gasteiger partial charge in [0.2, 0.25) is 5.89 Å². The minimum atomic E-state index is -0.630. The van der Waals surface area contributed by atoms with Crippen molar-refractivity contribution in [2.75, 3.05) is 0 Å². The predicted molar refractivity (Wildman–Crippen MR) is 101 cm³/mol. The van der Waals surface area contributed by atoms with Crippen LogP contribution in [0.4, 0.5) is 11.4 Å². The zero-order valence-corrected chi connectivity index (χ0v) is 16.2. The molecule has 0 N–H and O–H groups in total. The lowest BCUT2D eigenvalue weighted by Gasteiger charge is -2.03. The Hall–Kier alpha value is -2.79. The van der Waals surface area contributed by atoms with E-state index in [1.807, 2.05) is 24.3 Å². The third-order valence-electron chi connectivity index (χ3n) is 3.67. The van der Waals surface area contributed by atoms with E-state index < -0.39 is 9.85 Å². The molecule has 0 aliphatic heterocycles. The lowest BCUT2D eigenvalue weighted by molar-refractivity contribution is -0.395. The molecule has 0 fully saturated rings. The zero-order chi connectivity index (χ0) is 19.6. The maximum atomic E-state index is 11.1. The summed E-state index contributed by atoms with van der Waals surface area (Å²) in [5, 5.41) is 30.4. The molecule has 1 heterocycles. The number of aromatic nitrogens is 2. The first-order valence-corrected chi connectivity index (χ1v) is 9.27. The van der Waals surface area contributed by atoms with Gasteiger partial charge >= 0.3 is 0 Å². The molecule has 1 aromatic heterocycles. The van der Waals surface area contributed by atoms with Gasteiger partial charge in [0.25, 0.3) is 16.6 Å². The number of nitrogens with zero attached hydrogens (tertiary/aromatic N) is 4. The molecule has 0 saturated heterocycles. The fourth-order valence-electron chi connectivity index (χ4n) is 2.33. The van der Waals surface area contributed by atoms with Crippen LogP contribution in [0.1, 0.15) is 11.1 Å². The summed E-state index contributed by atoms with van der Waals surface area (Å²) < 4.78 is 6.49. The molecule has 138 valence electrons. The van der Waals surface area contributed by atoms with E-state index in [-0.39, 0.29) is 27.9 Å². The first-order valence-electron chi connectivity index (χ1n) is 7.49. The average molecular weight is 451 g/mol. The Bertz CT molecular complexity index is 987. The maximum absolute atomic E-state index is 11.1. The molecule has 0 unspecified atom stereocenters. The van der Waals surface area contributed by atoms with Crippen LogP contribution in [0, 0.1) is 27.2 Å². The van der Waals surface area contributed by atoms with E-state index in [1.54, 1.807) is 0 Å². The van der Waals surface area contributed by atoms with Gasteiger partial charge in [-0.05, 0) is 36.8 Å². The lowest BCUT2D eigenvalue weighted by atomic mass is 10.1. The van der Waals surface area contributed by atoms with Crippen LogP contribution in [0.15, 0.2) is 50.5 Å². The molecule has 27 heavy (non-hydrogen) atoms. The van der Waals surface area contributed by atoms with Crippen LogP contribution >= 0.6 is 27.7 Å². The molecule has 3 rings (SSSR count). The number of halogens is 1. The van der Waals surface area contributed by atoms with Crippen LogP contribution in [-0.2, 0) is 5.75 Å². The van der Waals surface area contributed by atoms with E-state index in [9.17, 15) is 20.2 Å². The standard InChI is InChI=1S/C16H11BrN4O5S/c1-9-13(20(22)23)6-10(7-14(9)21(24)25)8-27-16-19-18-15(26-16)11-2-4-12(17)5-3-11/h2-7H,8H2,1H3. The second-order valence-electron chi connectivity index (χ2n) is 5.44. The Morgan fingerprint density at radius 2 is 1.67 bits per heavy atom. The first-order chi connectivity index (χ1) is 12.8. The maximum Gasteiger partial charge on any atom is 0.279 e. The van der Waals surface area contributed by atoms with Crippen LogP contribution in [-0.4, -0.2) is 20.0 Å². The third kappa shape index (κ3) is 4.31. The van der Waals surface area contributed by atoms with Crippen molar-refractivity contribution in [3.8, 4) is 11.5 Å². The monoisotopic (exact) mass is 450 g/mol. The number of benzene rings is 2. The topological polar surface area (TPSA) is 125 Å². The van der Waals surface area contributed by atoms with Crippen molar-refractivity contribution in [2.24, 2.45) is 0 Å². The Kier molecular flexibility index (Phi) is 5.51. The summed E-state index contributed by atoms with van der Waals surface area (Å²) >= 11 is 4.49. The van der Waals surface area contributed by atoms with Gasteiger partial charge in [0.15, 0.2) is 0 Å². The smallest absolute Gasteiger partial charge is 0.279 e. The van der Waals surface area contributed by atoms with Crippen molar-refractivity contribution in [3.63, 3.8) is 0 Å². The quantitative estimate of drug-likeness (QED) is 0.294. The van der Waals surface area contributed by atoms with E-state index in [4.69, 9.17) is 4.42 Å². The van der Waals surface area contributed by atoms with Gasteiger partial charge in [-0.2, -0.15) is 0 Å². The molecule has 0 atom stereocenters. The van der Waals surface area contributed by atoms with E-state index in [1.165, 1.54) is 19.1 Å². The van der Waals surface area contributed by atoms with E-state index in [2.05, 4.69) is 26.1 Å². The number of nitro groups is 2. The molecule has 11 heteroatoms. The Morgan fingerprint density at radius 1 is 1.07 bits per heavy atom. The molecule has 0 saturated carbocycles. The number of hydrogen-bond acceptors (Lipinski definition) is 8. The molecule has 0 aliphatic rings. The minimum absolute atomic E-state index is 0.0223. The molecule has 0 bridgehead atoms. The molecule has 0 spiro atoms. The van der Waals surface area contributed by atoms with Crippen molar-refractivity contribution in [2.45, 2.75) is 17.9 Å². The van der Waals surface area contributed by atoms with Gasteiger partial charge in [-0.15, -0.1) is 10.2 Å². The van der Waals surface area contributed by atoms with Gasteiger partial charge < -0.3 is 4.42 Å². The fraction of sp³-hybridized carbons (Fsp3) is 0.125.